The lowest BCUT2D eigenvalue weighted by molar-refractivity contribution is -0.420. The molecule has 1 aromatic rings. The number of anilines is 1. The molecule has 1 heterocycles. The van der Waals surface area contributed by atoms with E-state index in [1.54, 1.807) is 12.1 Å². The van der Waals surface area contributed by atoms with Gasteiger partial charge in [-0.05, 0) is 35.5 Å². The first-order valence-electron chi connectivity index (χ1n) is 5.23. The van der Waals surface area contributed by atoms with Gasteiger partial charge in [-0.1, -0.05) is 0 Å². The summed E-state index contributed by atoms with van der Waals surface area (Å²) in [5.41, 5.74) is 1.49. The Morgan fingerprint density at radius 1 is 1.18 bits per heavy atom. The van der Waals surface area contributed by atoms with Gasteiger partial charge in [-0.3, -0.25) is 0 Å². The van der Waals surface area contributed by atoms with Crippen molar-refractivity contribution in [2.45, 2.75) is 6.42 Å². The molecule has 4 nitrogen and oxygen atoms in total. The number of rotatable bonds is 2. The van der Waals surface area contributed by atoms with Crippen LogP contribution in [-0.2, 0) is 0 Å². The molecule has 0 saturated carbocycles. The molecule has 2 rings (SSSR count). The summed E-state index contributed by atoms with van der Waals surface area (Å²) in [4.78, 5) is 0. The van der Waals surface area contributed by atoms with E-state index in [-0.39, 0.29) is 0 Å². The van der Waals surface area contributed by atoms with Crippen LogP contribution in [0.25, 0.3) is 0 Å². The SMILES string of the molecule is [B]N([B])c1ccc(N=NC2=[N+](C)C=CC2)cc1. The van der Waals surface area contributed by atoms with Crippen LogP contribution in [0.3, 0.4) is 0 Å². The van der Waals surface area contributed by atoms with E-state index in [4.69, 9.17) is 16.0 Å². The highest BCUT2D eigenvalue weighted by molar-refractivity contribution is 6.41. The maximum absolute atomic E-state index is 5.39. The lowest BCUT2D eigenvalue weighted by Crippen LogP contribution is -2.12. The monoisotopic (exact) mass is 221 g/mol. The van der Waals surface area contributed by atoms with Crippen LogP contribution in [0.5, 0.6) is 0 Å². The quantitative estimate of drug-likeness (QED) is 0.424. The predicted molar refractivity (Wildman–Crippen MR) is 69.9 cm³/mol. The summed E-state index contributed by atoms with van der Waals surface area (Å²) < 4.78 is 3.00. The van der Waals surface area contributed by atoms with Gasteiger partial charge in [0.15, 0.2) is 0 Å². The van der Waals surface area contributed by atoms with E-state index in [9.17, 15) is 0 Å². The van der Waals surface area contributed by atoms with E-state index in [1.807, 2.05) is 36.0 Å². The number of azo groups is 1. The molecule has 1 aliphatic heterocycles. The fraction of sp³-hybridized carbons (Fsp3) is 0.182. The van der Waals surface area contributed by atoms with Gasteiger partial charge in [0.05, 0.1) is 24.8 Å². The number of hydrogen-bond donors (Lipinski definition) is 0. The summed E-state index contributed by atoms with van der Waals surface area (Å²) >= 11 is 0. The fourth-order valence-corrected chi connectivity index (χ4v) is 1.46. The van der Waals surface area contributed by atoms with Gasteiger partial charge >= 0.3 is 5.84 Å². The Hall–Kier alpha value is -1.84. The smallest absolute Gasteiger partial charge is 0.330 e. The summed E-state index contributed by atoms with van der Waals surface area (Å²) in [6, 6.07) is 7.20. The van der Waals surface area contributed by atoms with Crippen molar-refractivity contribution in [3.8, 4) is 0 Å². The Kier molecular flexibility index (Phi) is 3.42. The van der Waals surface area contributed by atoms with Crippen LogP contribution in [-0.4, -0.2) is 33.4 Å². The summed E-state index contributed by atoms with van der Waals surface area (Å²) in [7, 11) is 12.7. The zero-order chi connectivity index (χ0) is 12.3. The zero-order valence-electron chi connectivity index (χ0n) is 9.61. The predicted octanol–water partition coefficient (Wildman–Crippen LogP) is 1.70. The molecular weight excluding hydrogens is 210 g/mol. The van der Waals surface area contributed by atoms with Gasteiger partial charge in [-0.25, -0.2) is 4.58 Å². The molecule has 80 valence electrons. The van der Waals surface area contributed by atoms with Crippen molar-refractivity contribution in [1.82, 2.24) is 0 Å². The van der Waals surface area contributed by atoms with Crippen molar-refractivity contribution in [1.29, 1.82) is 0 Å². The van der Waals surface area contributed by atoms with Crippen LogP contribution in [0, 0.1) is 0 Å². The molecule has 4 radical (unpaired) electrons. The Labute approximate surface area is 103 Å². The highest BCUT2D eigenvalue weighted by Crippen LogP contribution is 2.18. The van der Waals surface area contributed by atoms with Crippen molar-refractivity contribution >= 4 is 33.2 Å². The second kappa shape index (κ2) is 4.99. The molecule has 0 atom stereocenters. The third-order valence-electron chi connectivity index (χ3n) is 2.47. The Morgan fingerprint density at radius 3 is 2.41 bits per heavy atom. The molecule has 1 aliphatic rings. The molecule has 0 unspecified atom stereocenters. The molecule has 0 bridgehead atoms. The fourth-order valence-electron chi connectivity index (χ4n) is 1.46. The van der Waals surface area contributed by atoms with E-state index in [0.717, 1.165) is 28.4 Å². The van der Waals surface area contributed by atoms with Gasteiger partial charge in [0, 0.05) is 5.69 Å². The number of hydrogen-bond acceptors (Lipinski definition) is 3. The number of amidine groups is 1. The first-order valence-corrected chi connectivity index (χ1v) is 5.23. The van der Waals surface area contributed by atoms with E-state index in [2.05, 4.69) is 10.2 Å². The van der Waals surface area contributed by atoms with Crippen LogP contribution in [0.2, 0.25) is 0 Å². The van der Waals surface area contributed by atoms with Gasteiger partial charge in [-0.2, -0.15) is 0 Å². The van der Waals surface area contributed by atoms with Crippen LogP contribution in [0.1, 0.15) is 6.42 Å². The van der Waals surface area contributed by atoms with Crippen molar-refractivity contribution in [2.75, 3.05) is 11.8 Å². The van der Waals surface area contributed by atoms with E-state index >= 15 is 0 Å². The summed E-state index contributed by atoms with van der Waals surface area (Å²) in [5.74, 6) is 0.924. The highest BCUT2D eigenvalue weighted by atomic mass is 15.2. The van der Waals surface area contributed by atoms with Gasteiger partial charge in [0.25, 0.3) is 0 Å². The first kappa shape index (κ1) is 11.6. The first-order chi connectivity index (χ1) is 8.16. The van der Waals surface area contributed by atoms with Crippen molar-refractivity contribution in [3.63, 3.8) is 0 Å². The molecule has 17 heavy (non-hydrogen) atoms. The lowest BCUT2D eigenvalue weighted by atomic mass is 10.1. The van der Waals surface area contributed by atoms with Gasteiger partial charge in [0.1, 0.15) is 5.69 Å². The van der Waals surface area contributed by atoms with Crippen molar-refractivity contribution in [3.05, 3.63) is 36.5 Å². The molecular formula is C11H11B2N4+. The minimum atomic E-state index is 0.719. The summed E-state index contributed by atoms with van der Waals surface area (Å²) in [6.45, 7) is 0. The minimum absolute atomic E-state index is 0.719. The molecule has 6 heteroatoms. The highest BCUT2D eigenvalue weighted by Gasteiger charge is 2.13. The van der Waals surface area contributed by atoms with Crippen LogP contribution in [0.15, 0.2) is 46.8 Å². The molecule has 0 fully saturated rings. The molecule has 0 amide bonds. The Bertz CT molecular complexity index is 489. The third kappa shape index (κ3) is 2.84. The summed E-state index contributed by atoms with van der Waals surface area (Å²) in [6.07, 6.45) is 4.83. The van der Waals surface area contributed by atoms with Crippen LogP contribution >= 0.6 is 0 Å². The molecule has 1 aromatic carbocycles. The molecule has 0 saturated heterocycles. The average molecular weight is 221 g/mol. The van der Waals surface area contributed by atoms with Crippen LogP contribution < -0.4 is 4.72 Å². The average Bonchev–Trinajstić information content (AvgIpc) is 2.73. The number of benzene rings is 1. The van der Waals surface area contributed by atoms with Crippen molar-refractivity contribution in [2.24, 2.45) is 10.2 Å². The molecule has 0 spiro atoms. The Balaban J connectivity index is 2.09. The van der Waals surface area contributed by atoms with Gasteiger partial charge in [0.2, 0.25) is 16.0 Å². The molecule has 0 aromatic heterocycles. The number of nitrogens with zero attached hydrogens (tertiary/aromatic N) is 4. The van der Waals surface area contributed by atoms with Gasteiger partial charge in [-0.15, -0.1) is 0 Å². The maximum atomic E-state index is 5.39. The minimum Gasteiger partial charge on any atom is -0.479 e. The third-order valence-corrected chi connectivity index (χ3v) is 2.47. The Morgan fingerprint density at radius 2 is 1.88 bits per heavy atom. The van der Waals surface area contributed by atoms with Crippen molar-refractivity contribution < 1.29 is 4.58 Å². The van der Waals surface area contributed by atoms with Gasteiger partial charge < -0.3 is 4.72 Å². The van der Waals surface area contributed by atoms with Crippen LogP contribution in [0.4, 0.5) is 11.4 Å². The lowest BCUT2D eigenvalue weighted by Gasteiger charge is -2.12. The largest absolute Gasteiger partial charge is 0.479 e. The van der Waals surface area contributed by atoms with E-state index < -0.39 is 0 Å². The molecule has 0 N–H and O–H groups in total. The maximum Gasteiger partial charge on any atom is 0.330 e. The standard InChI is InChI=1S/C11H11B2N4/c1-16-8-2-3-11(16)15-14-9-4-6-10(7-5-9)17(12)13/h2,4-8H,3H2,1H3/q+1. The van der Waals surface area contributed by atoms with E-state index in [1.165, 1.54) is 0 Å². The molecule has 0 aliphatic carbocycles. The second-order valence-corrected chi connectivity index (χ2v) is 3.74. The second-order valence-electron chi connectivity index (χ2n) is 3.74. The zero-order valence-corrected chi connectivity index (χ0v) is 9.61. The normalized spacial score (nSPS) is 14.9. The summed E-state index contributed by atoms with van der Waals surface area (Å²) in [5, 5.41) is 8.32. The van der Waals surface area contributed by atoms with E-state index in [0.29, 0.717) is 0 Å². The topological polar surface area (TPSA) is 31.0 Å².